The molecule has 0 aromatic heterocycles. The van der Waals surface area contributed by atoms with Crippen molar-refractivity contribution < 1.29 is 17.9 Å². The number of hydrogen-bond acceptors (Lipinski definition) is 4. The van der Waals surface area contributed by atoms with Gasteiger partial charge in [0, 0.05) is 6.54 Å². The van der Waals surface area contributed by atoms with E-state index in [0.717, 1.165) is 5.56 Å². The Labute approximate surface area is 126 Å². The van der Waals surface area contributed by atoms with Gasteiger partial charge in [0.15, 0.2) is 0 Å². The fraction of sp³-hybridized carbons (Fsp3) is 0.417. The molecule has 0 spiro atoms. The van der Waals surface area contributed by atoms with Crippen LogP contribution < -0.4 is 4.72 Å². The van der Waals surface area contributed by atoms with E-state index in [9.17, 15) is 13.2 Å². The number of alkyl halides is 1. The molecule has 1 unspecified atom stereocenters. The summed E-state index contributed by atoms with van der Waals surface area (Å²) in [5.74, 6) is -0.454. The highest BCUT2D eigenvalue weighted by Crippen LogP contribution is 2.16. The summed E-state index contributed by atoms with van der Waals surface area (Å²) in [6.45, 7) is 3.56. The average molecular weight is 397 g/mol. The second kappa shape index (κ2) is 6.67. The molecule has 0 bridgehead atoms. The molecule has 0 aliphatic heterocycles. The number of ether oxygens (including phenoxy) is 1. The molecule has 19 heavy (non-hydrogen) atoms. The molecule has 1 rings (SSSR count). The SMILES string of the molecule is COC(=O)C(I)CNS(=O)(=O)c1cc(C)ccc1C. The predicted molar refractivity (Wildman–Crippen MR) is 80.9 cm³/mol. The number of aryl methyl sites for hydroxylation is 2. The van der Waals surface area contributed by atoms with Crippen molar-refractivity contribution in [1.82, 2.24) is 4.72 Å². The highest BCUT2D eigenvalue weighted by atomic mass is 127. The summed E-state index contributed by atoms with van der Waals surface area (Å²) < 4.78 is 30.7. The molecule has 0 heterocycles. The van der Waals surface area contributed by atoms with Gasteiger partial charge in [0.05, 0.1) is 12.0 Å². The molecule has 0 fully saturated rings. The maximum Gasteiger partial charge on any atom is 0.319 e. The van der Waals surface area contributed by atoms with Crippen LogP contribution in [0.1, 0.15) is 11.1 Å². The Kier molecular flexibility index (Phi) is 5.75. The molecule has 1 aromatic rings. The summed E-state index contributed by atoms with van der Waals surface area (Å²) in [5.41, 5.74) is 1.53. The number of carbonyl (C=O) groups excluding carboxylic acids is 1. The van der Waals surface area contributed by atoms with Crippen molar-refractivity contribution in [2.24, 2.45) is 0 Å². The van der Waals surface area contributed by atoms with Gasteiger partial charge in [-0.15, -0.1) is 0 Å². The van der Waals surface area contributed by atoms with Crippen LogP contribution in [-0.4, -0.2) is 32.0 Å². The second-order valence-corrected chi connectivity index (χ2v) is 7.35. The van der Waals surface area contributed by atoms with Gasteiger partial charge in [-0.1, -0.05) is 34.7 Å². The van der Waals surface area contributed by atoms with Gasteiger partial charge in [-0.25, -0.2) is 13.1 Å². The lowest BCUT2D eigenvalue weighted by atomic mass is 10.2. The van der Waals surface area contributed by atoms with Crippen LogP contribution >= 0.6 is 22.6 Å². The largest absolute Gasteiger partial charge is 0.468 e. The van der Waals surface area contributed by atoms with Crippen molar-refractivity contribution in [3.63, 3.8) is 0 Å². The quantitative estimate of drug-likeness (QED) is 0.465. The van der Waals surface area contributed by atoms with E-state index in [0.29, 0.717) is 5.56 Å². The zero-order chi connectivity index (χ0) is 14.6. The Hall–Kier alpha value is -0.670. The Morgan fingerprint density at radius 1 is 1.42 bits per heavy atom. The van der Waals surface area contributed by atoms with Crippen LogP contribution in [0.15, 0.2) is 23.1 Å². The number of sulfonamides is 1. The Morgan fingerprint density at radius 3 is 2.63 bits per heavy atom. The number of methoxy groups -OCH3 is 1. The summed E-state index contributed by atoms with van der Waals surface area (Å²) >= 11 is 1.84. The number of hydrogen-bond donors (Lipinski definition) is 1. The van der Waals surface area contributed by atoms with Crippen molar-refractivity contribution in [3.05, 3.63) is 29.3 Å². The van der Waals surface area contributed by atoms with Gasteiger partial charge in [0.2, 0.25) is 10.0 Å². The van der Waals surface area contributed by atoms with E-state index < -0.39 is 19.9 Å². The number of nitrogens with one attached hydrogen (secondary N) is 1. The van der Waals surface area contributed by atoms with Crippen molar-refractivity contribution in [2.75, 3.05) is 13.7 Å². The smallest absolute Gasteiger partial charge is 0.319 e. The summed E-state index contributed by atoms with van der Waals surface area (Å²) in [4.78, 5) is 11.5. The molecule has 0 radical (unpaired) electrons. The number of benzene rings is 1. The first kappa shape index (κ1) is 16.4. The fourth-order valence-electron chi connectivity index (χ4n) is 1.47. The molecular formula is C12H16INO4S. The second-order valence-electron chi connectivity index (χ2n) is 4.11. The van der Waals surface area contributed by atoms with Gasteiger partial charge in [-0.05, 0) is 31.0 Å². The van der Waals surface area contributed by atoms with E-state index in [4.69, 9.17) is 0 Å². The minimum atomic E-state index is -3.61. The molecule has 0 saturated heterocycles. The lowest BCUT2D eigenvalue weighted by Gasteiger charge is -2.12. The van der Waals surface area contributed by atoms with E-state index in [1.807, 2.05) is 35.6 Å². The van der Waals surface area contributed by atoms with Crippen LogP contribution in [0.2, 0.25) is 0 Å². The first-order valence-electron chi connectivity index (χ1n) is 5.56. The molecule has 0 amide bonds. The fourth-order valence-corrected chi connectivity index (χ4v) is 3.62. The molecule has 1 N–H and O–H groups in total. The lowest BCUT2D eigenvalue weighted by molar-refractivity contribution is -0.139. The standard InChI is InChI=1S/C12H16INO4S/c1-8-4-5-9(2)11(6-8)19(16,17)14-7-10(13)12(15)18-3/h4-6,10,14H,7H2,1-3H3. The van der Waals surface area contributed by atoms with Gasteiger partial charge >= 0.3 is 5.97 Å². The molecule has 106 valence electrons. The van der Waals surface area contributed by atoms with Crippen LogP contribution in [0.25, 0.3) is 0 Å². The van der Waals surface area contributed by atoms with Gasteiger partial charge in [0.1, 0.15) is 3.92 Å². The number of rotatable bonds is 5. The minimum Gasteiger partial charge on any atom is -0.468 e. The van der Waals surface area contributed by atoms with Gasteiger partial charge < -0.3 is 4.74 Å². The highest BCUT2D eigenvalue weighted by Gasteiger charge is 2.21. The number of carbonyl (C=O) groups is 1. The zero-order valence-electron chi connectivity index (χ0n) is 10.9. The Balaban J connectivity index is 2.87. The molecular weight excluding hydrogens is 381 g/mol. The lowest BCUT2D eigenvalue weighted by Crippen LogP contribution is -2.34. The maximum atomic E-state index is 12.2. The first-order chi connectivity index (χ1) is 8.77. The summed E-state index contributed by atoms with van der Waals surface area (Å²) in [5, 5.41) is 0. The molecule has 0 aliphatic carbocycles. The molecule has 5 nitrogen and oxygen atoms in total. The normalized spacial score (nSPS) is 13.1. The summed E-state index contributed by atoms with van der Waals surface area (Å²) in [6, 6.07) is 5.22. The first-order valence-corrected chi connectivity index (χ1v) is 8.29. The maximum absolute atomic E-state index is 12.2. The molecule has 1 atom stereocenters. The van der Waals surface area contributed by atoms with Crippen LogP contribution in [0.4, 0.5) is 0 Å². The Morgan fingerprint density at radius 2 is 2.05 bits per heavy atom. The molecule has 7 heteroatoms. The number of esters is 1. The van der Waals surface area contributed by atoms with Crippen molar-refractivity contribution >= 4 is 38.6 Å². The number of halogens is 1. The summed E-state index contributed by atoms with van der Waals surface area (Å²) in [7, 11) is -2.34. The van der Waals surface area contributed by atoms with Gasteiger partial charge in [-0.2, -0.15) is 0 Å². The predicted octanol–water partition coefficient (Wildman–Crippen LogP) is 1.56. The van der Waals surface area contributed by atoms with Crippen LogP contribution in [0.3, 0.4) is 0 Å². The topological polar surface area (TPSA) is 72.5 Å². The minimum absolute atomic E-state index is 0.00293. The van der Waals surface area contributed by atoms with Crippen molar-refractivity contribution in [1.29, 1.82) is 0 Å². The third kappa shape index (κ3) is 4.43. The molecule has 1 aromatic carbocycles. The average Bonchev–Trinajstić information content (AvgIpc) is 2.37. The third-order valence-corrected chi connectivity index (χ3v) is 5.06. The van der Waals surface area contributed by atoms with E-state index in [2.05, 4.69) is 9.46 Å². The van der Waals surface area contributed by atoms with Crippen LogP contribution in [0.5, 0.6) is 0 Å². The van der Waals surface area contributed by atoms with E-state index >= 15 is 0 Å². The van der Waals surface area contributed by atoms with Crippen molar-refractivity contribution in [3.8, 4) is 0 Å². The monoisotopic (exact) mass is 397 g/mol. The highest BCUT2D eigenvalue weighted by molar-refractivity contribution is 14.1. The molecule has 0 aliphatic rings. The van der Waals surface area contributed by atoms with Gasteiger partial charge in [0.25, 0.3) is 0 Å². The summed E-state index contributed by atoms with van der Waals surface area (Å²) in [6.07, 6.45) is 0. The Bertz CT molecular complexity index is 571. The van der Waals surface area contributed by atoms with Gasteiger partial charge in [-0.3, -0.25) is 4.79 Å². The molecule has 0 saturated carbocycles. The third-order valence-electron chi connectivity index (χ3n) is 2.54. The van der Waals surface area contributed by atoms with Crippen LogP contribution in [0, 0.1) is 13.8 Å². The van der Waals surface area contributed by atoms with E-state index in [1.54, 1.807) is 19.1 Å². The van der Waals surface area contributed by atoms with Crippen LogP contribution in [-0.2, 0) is 19.6 Å². The zero-order valence-corrected chi connectivity index (χ0v) is 13.9. The van der Waals surface area contributed by atoms with Crippen molar-refractivity contribution in [2.45, 2.75) is 22.7 Å². The van der Waals surface area contributed by atoms with E-state index in [1.165, 1.54) is 7.11 Å². The van der Waals surface area contributed by atoms with E-state index in [-0.39, 0.29) is 11.4 Å².